The van der Waals surface area contributed by atoms with Gasteiger partial charge in [-0.3, -0.25) is 9.59 Å². The van der Waals surface area contributed by atoms with E-state index in [4.69, 9.17) is 0 Å². The van der Waals surface area contributed by atoms with Crippen LogP contribution in [0, 0.1) is 0 Å². The van der Waals surface area contributed by atoms with Crippen LogP contribution in [0.1, 0.15) is 44.7 Å². The zero-order valence-corrected chi connectivity index (χ0v) is 13.3. The molecule has 0 aliphatic heterocycles. The monoisotopic (exact) mass is 318 g/mol. The number of carbonyl (C=O) groups is 2. The van der Waals surface area contributed by atoms with Gasteiger partial charge in [-0.2, -0.15) is 0 Å². The van der Waals surface area contributed by atoms with E-state index in [1.807, 2.05) is 6.07 Å². The summed E-state index contributed by atoms with van der Waals surface area (Å²) in [7, 11) is 0. The second-order valence-corrected chi connectivity index (χ2v) is 7.33. The van der Waals surface area contributed by atoms with Crippen molar-refractivity contribution in [3.8, 4) is 0 Å². The van der Waals surface area contributed by atoms with Crippen molar-refractivity contribution in [3.05, 3.63) is 58.7 Å². The molecule has 2 aromatic carbocycles. The molecule has 0 unspecified atom stereocenters. The Morgan fingerprint density at radius 2 is 1.52 bits per heavy atom. The summed E-state index contributed by atoms with van der Waals surface area (Å²) in [6.45, 7) is 0. The van der Waals surface area contributed by atoms with Gasteiger partial charge in [0.05, 0.1) is 5.56 Å². The van der Waals surface area contributed by atoms with Gasteiger partial charge in [-0.15, -0.1) is 11.3 Å². The Bertz CT molecular complexity index is 1050. The highest BCUT2D eigenvalue weighted by molar-refractivity contribution is 7.26. The molecule has 2 aliphatic carbocycles. The Balaban J connectivity index is 2.07. The highest BCUT2D eigenvalue weighted by Gasteiger charge is 2.30. The van der Waals surface area contributed by atoms with Crippen LogP contribution in [0.5, 0.6) is 0 Å². The van der Waals surface area contributed by atoms with Crippen LogP contribution in [-0.4, -0.2) is 11.6 Å². The summed E-state index contributed by atoms with van der Waals surface area (Å²) in [5.41, 5.74) is 3.77. The van der Waals surface area contributed by atoms with Crippen LogP contribution >= 0.6 is 11.3 Å². The maximum Gasteiger partial charge on any atom is 0.188 e. The van der Waals surface area contributed by atoms with Crippen molar-refractivity contribution in [2.75, 3.05) is 0 Å². The number of fused-ring (bicyclic) bond motifs is 8. The Morgan fingerprint density at radius 1 is 0.826 bits per heavy atom. The van der Waals surface area contributed by atoms with Gasteiger partial charge < -0.3 is 0 Å². The van der Waals surface area contributed by atoms with Gasteiger partial charge in [0.15, 0.2) is 11.6 Å². The minimum atomic E-state index is -0.0236. The largest absolute Gasteiger partial charge is 0.289 e. The molecule has 0 atom stereocenters. The van der Waals surface area contributed by atoms with Gasteiger partial charge in [0.25, 0.3) is 0 Å². The predicted molar refractivity (Wildman–Crippen MR) is 93.8 cm³/mol. The van der Waals surface area contributed by atoms with Gasteiger partial charge in [-0.05, 0) is 55.0 Å². The van der Waals surface area contributed by atoms with E-state index in [1.165, 1.54) is 33.2 Å². The zero-order valence-electron chi connectivity index (χ0n) is 12.5. The molecule has 1 heterocycles. The lowest BCUT2D eigenvalue weighted by Gasteiger charge is -2.23. The summed E-state index contributed by atoms with van der Waals surface area (Å²) in [5.74, 6) is -0.0263. The van der Waals surface area contributed by atoms with E-state index < -0.39 is 0 Å². The maximum atomic E-state index is 12.6. The van der Waals surface area contributed by atoms with Gasteiger partial charge in [-0.25, -0.2) is 0 Å². The van der Waals surface area contributed by atoms with Gasteiger partial charge in [0.2, 0.25) is 0 Å². The second-order valence-electron chi connectivity index (χ2n) is 6.28. The fourth-order valence-electron chi connectivity index (χ4n) is 4.07. The predicted octanol–water partition coefficient (Wildman–Crippen LogP) is 4.87. The smallest absolute Gasteiger partial charge is 0.188 e. The van der Waals surface area contributed by atoms with E-state index in [9.17, 15) is 9.59 Å². The first kappa shape index (κ1) is 13.2. The van der Waals surface area contributed by atoms with Crippen LogP contribution in [0.4, 0.5) is 0 Å². The van der Waals surface area contributed by atoms with Crippen molar-refractivity contribution >= 4 is 43.1 Å². The molecule has 1 aromatic heterocycles. The normalized spacial score (nSPS) is 16.9. The van der Waals surface area contributed by atoms with Gasteiger partial charge >= 0.3 is 0 Å². The van der Waals surface area contributed by atoms with E-state index in [0.29, 0.717) is 11.1 Å². The average molecular weight is 318 g/mol. The van der Waals surface area contributed by atoms with Crippen LogP contribution in [0.3, 0.4) is 0 Å². The molecule has 0 saturated carbocycles. The van der Waals surface area contributed by atoms with Crippen LogP contribution < -0.4 is 0 Å². The number of hydrogen-bond donors (Lipinski definition) is 0. The molecule has 0 bridgehead atoms. The van der Waals surface area contributed by atoms with E-state index in [2.05, 4.69) is 18.2 Å². The number of carbonyl (C=O) groups excluding carboxylic acids is 2. The molecule has 5 rings (SSSR count). The number of aryl methyl sites for hydroxylation is 1. The minimum Gasteiger partial charge on any atom is -0.289 e. The van der Waals surface area contributed by atoms with E-state index in [0.717, 1.165) is 35.9 Å². The Hall–Kier alpha value is -2.26. The van der Waals surface area contributed by atoms with Crippen molar-refractivity contribution in [3.63, 3.8) is 0 Å². The Labute approximate surface area is 137 Å². The second kappa shape index (κ2) is 4.62. The molecule has 112 valence electrons. The third-order valence-electron chi connectivity index (χ3n) is 5.02. The molecule has 0 amide bonds. The SMILES string of the molecule is O=C1C=CC(=O)c2c1c1c(c3c2sc2ccccc23)CCCC1. The lowest BCUT2D eigenvalue weighted by atomic mass is 9.79. The van der Waals surface area contributed by atoms with Gasteiger partial charge in [-0.1, -0.05) is 18.2 Å². The molecule has 2 nitrogen and oxygen atoms in total. The standard InChI is InChI=1S/C20H14O2S/c21-14-9-10-15(22)19-18(14)12-6-2-1-5-11(12)17-13-7-3-4-8-16(13)23-20(17)19/h3-4,7-10H,1-2,5-6H2. The third-order valence-corrected chi connectivity index (χ3v) is 6.21. The Morgan fingerprint density at radius 3 is 2.35 bits per heavy atom. The molecule has 23 heavy (non-hydrogen) atoms. The van der Waals surface area contributed by atoms with Gasteiger partial charge in [0.1, 0.15) is 0 Å². The van der Waals surface area contributed by atoms with Crippen molar-refractivity contribution < 1.29 is 9.59 Å². The van der Waals surface area contributed by atoms with Crippen LogP contribution in [0.15, 0.2) is 36.4 Å². The lowest BCUT2D eigenvalue weighted by molar-refractivity contribution is 0.0994. The number of benzene rings is 2. The van der Waals surface area contributed by atoms with E-state index in [1.54, 1.807) is 11.3 Å². The molecule has 2 aliphatic rings. The molecule has 0 N–H and O–H groups in total. The molecular weight excluding hydrogens is 304 g/mol. The summed E-state index contributed by atoms with van der Waals surface area (Å²) in [5, 5.41) is 2.44. The van der Waals surface area contributed by atoms with Crippen LogP contribution in [0.2, 0.25) is 0 Å². The van der Waals surface area contributed by atoms with Crippen LogP contribution in [-0.2, 0) is 12.8 Å². The third kappa shape index (κ3) is 1.68. The summed E-state index contributed by atoms with van der Waals surface area (Å²) in [6.07, 6.45) is 7.04. The highest BCUT2D eigenvalue weighted by atomic mass is 32.1. The first-order valence-electron chi connectivity index (χ1n) is 8.01. The number of ketones is 2. The van der Waals surface area contributed by atoms with E-state index in [-0.39, 0.29) is 11.6 Å². The first-order chi connectivity index (χ1) is 11.3. The maximum absolute atomic E-state index is 12.6. The van der Waals surface area contributed by atoms with Crippen molar-refractivity contribution in [1.82, 2.24) is 0 Å². The number of thiophene rings is 1. The Kier molecular flexibility index (Phi) is 2.65. The first-order valence-corrected chi connectivity index (χ1v) is 8.83. The lowest BCUT2D eigenvalue weighted by Crippen LogP contribution is -2.18. The molecule has 0 saturated heterocycles. The van der Waals surface area contributed by atoms with Crippen molar-refractivity contribution in [1.29, 1.82) is 0 Å². The fourth-order valence-corrected chi connectivity index (χ4v) is 5.35. The van der Waals surface area contributed by atoms with Crippen molar-refractivity contribution in [2.24, 2.45) is 0 Å². The molecule has 3 aromatic rings. The molecular formula is C20H14O2S. The average Bonchev–Trinajstić information content (AvgIpc) is 2.97. The topological polar surface area (TPSA) is 34.1 Å². The number of hydrogen-bond acceptors (Lipinski definition) is 3. The summed E-state index contributed by atoms with van der Waals surface area (Å²) in [6, 6.07) is 8.33. The molecule has 0 radical (unpaired) electrons. The molecule has 3 heteroatoms. The van der Waals surface area contributed by atoms with E-state index >= 15 is 0 Å². The van der Waals surface area contributed by atoms with Crippen molar-refractivity contribution in [2.45, 2.75) is 25.7 Å². The van der Waals surface area contributed by atoms with Crippen LogP contribution in [0.25, 0.3) is 20.2 Å². The quantitative estimate of drug-likeness (QED) is 0.592. The zero-order chi connectivity index (χ0) is 15.6. The molecule has 0 fully saturated rings. The minimum absolute atomic E-state index is 0.00268. The van der Waals surface area contributed by atoms with Gasteiger partial charge in [0, 0.05) is 25.7 Å². The molecule has 0 spiro atoms. The summed E-state index contributed by atoms with van der Waals surface area (Å²) >= 11 is 1.65. The number of rotatable bonds is 0. The highest BCUT2D eigenvalue weighted by Crippen LogP contribution is 2.44. The summed E-state index contributed by atoms with van der Waals surface area (Å²) in [4.78, 5) is 25.1. The fraction of sp³-hybridized carbons (Fsp3) is 0.200. The number of allylic oxidation sites excluding steroid dienone is 2. The summed E-state index contributed by atoms with van der Waals surface area (Å²) < 4.78 is 2.20.